The molecule has 2 fully saturated rings. The third-order valence-corrected chi connectivity index (χ3v) is 7.81. The minimum atomic E-state index is -4.24. The van der Waals surface area contributed by atoms with E-state index in [4.69, 9.17) is 0 Å². The molecule has 3 rings (SSSR count). The van der Waals surface area contributed by atoms with Gasteiger partial charge in [0.2, 0.25) is 0 Å². The van der Waals surface area contributed by atoms with E-state index in [1.807, 2.05) is 0 Å². The van der Waals surface area contributed by atoms with Gasteiger partial charge in [0, 0.05) is 0 Å². The lowest BCUT2D eigenvalue weighted by Crippen LogP contribution is -2.14. The average Bonchev–Trinajstić information content (AvgIpc) is 2.78. The first-order valence-corrected chi connectivity index (χ1v) is 12.8. The molecule has 0 saturated heterocycles. The van der Waals surface area contributed by atoms with E-state index >= 15 is 0 Å². The largest absolute Gasteiger partial charge is 0.416 e. The fourth-order valence-electron chi connectivity index (χ4n) is 5.70. The Hall–Kier alpha value is -1.25. The predicted molar refractivity (Wildman–Crippen MR) is 124 cm³/mol. The van der Waals surface area contributed by atoms with Gasteiger partial charge in [-0.15, -0.1) is 0 Å². The van der Waals surface area contributed by atoms with Crippen LogP contribution < -0.4 is 0 Å². The first kappa shape index (κ1) is 24.4. The monoisotopic (exact) mass is 434 g/mol. The summed E-state index contributed by atoms with van der Waals surface area (Å²) in [7, 11) is 0. The zero-order chi connectivity index (χ0) is 22.1. The van der Waals surface area contributed by atoms with Gasteiger partial charge < -0.3 is 0 Å². The summed E-state index contributed by atoms with van der Waals surface area (Å²) in [4.78, 5) is 0. The number of alkyl halides is 3. The molecule has 0 aliphatic heterocycles. The zero-order valence-electron chi connectivity index (χ0n) is 19.3. The Morgan fingerprint density at radius 1 is 0.806 bits per heavy atom. The second-order valence-corrected chi connectivity index (χ2v) is 10.1. The van der Waals surface area contributed by atoms with Crippen LogP contribution in [-0.2, 0) is 6.18 Å². The second-order valence-electron chi connectivity index (χ2n) is 10.1. The molecule has 0 N–H and O–H groups in total. The Kier molecular flexibility index (Phi) is 9.53. The number of halogens is 3. The lowest BCUT2D eigenvalue weighted by Gasteiger charge is -2.28. The van der Waals surface area contributed by atoms with Gasteiger partial charge in [-0.2, -0.15) is 13.2 Å². The summed E-state index contributed by atoms with van der Waals surface area (Å²) in [5.74, 6) is 3.00. The van der Waals surface area contributed by atoms with Crippen molar-refractivity contribution < 1.29 is 13.2 Å². The Balaban J connectivity index is 1.31. The molecule has 0 unspecified atom stereocenters. The first-order chi connectivity index (χ1) is 15.0. The van der Waals surface area contributed by atoms with Crippen LogP contribution in [0.1, 0.15) is 114 Å². The molecule has 31 heavy (non-hydrogen) atoms. The zero-order valence-corrected chi connectivity index (χ0v) is 19.3. The van der Waals surface area contributed by atoms with Crippen molar-refractivity contribution in [2.75, 3.05) is 0 Å². The quantitative estimate of drug-likeness (QED) is 0.268. The van der Waals surface area contributed by atoms with E-state index in [-0.39, 0.29) is 0 Å². The normalized spacial score (nSPS) is 27.6. The number of rotatable bonds is 9. The highest BCUT2D eigenvalue weighted by molar-refractivity contribution is 5.27. The fraction of sp³-hybridized carbons (Fsp3) is 0.714. The Morgan fingerprint density at radius 2 is 1.42 bits per heavy atom. The molecule has 2 saturated carbocycles. The van der Waals surface area contributed by atoms with E-state index in [2.05, 4.69) is 19.1 Å². The van der Waals surface area contributed by atoms with Crippen molar-refractivity contribution in [2.24, 2.45) is 17.8 Å². The van der Waals surface area contributed by atoms with E-state index in [0.29, 0.717) is 11.8 Å². The minimum Gasteiger partial charge on any atom is -0.166 e. The maximum Gasteiger partial charge on any atom is 0.416 e. The standard InChI is InChI=1S/C28H41F3/c1-2-3-4-7-22-10-12-23(13-11-22)8-5-6-9-24-14-16-25(17-15-24)26-18-20-27(21-19-26)28(29,30)31/h6,9,18-25H,2-5,7-8,10-17H2,1H3/b9-6+. The van der Waals surface area contributed by atoms with Crippen LogP contribution in [0.25, 0.3) is 0 Å². The van der Waals surface area contributed by atoms with Crippen LogP contribution in [0.15, 0.2) is 36.4 Å². The van der Waals surface area contributed by atoms with Crippen molar-refractivity contribution in [1.82, 2.24) is 0 Å². The highest BCUT2D eigenvalue weighted by Gasteiger charge is 2.30. The van der Waals surface area contributed by atoms with E-state index in [0.717, 1.165) is 43.1 Å². The number of unbranched alkanes of at least 4 members (excludes halogenated alkanes) is 2. The second kappa shape index (κ2) is 12.1. The molecule has 0 heterocycles. The maximum atomic E-state index is 12.7. The number of hydrogen-bond donors (Lipinski definition) is 0. The van der Waals surface area contributed by atoms with E-state index in [1.54, 1.807) is 12.1 Å². The molecule has 2 aliphatic carbocycles. The summed E-state index contributed by atoms with van der Waals surface area (Å²) < 4.78 is 38.2. The highest BCUT2D eigenvalue weighted by atomic mass is 19.4. The number of hydrogen-bond acceptors (Lipinski definition) is 0. The van der Waals surface area contributed by atoms with Crippen LogP contribution in [0.3, 0.4) is 0 Å². The van der Waals surface area contributed by atoms with Gasteiger partial charge in [0.1, 0.15) is 0 Å². The summed E-state index contributed by atoms with van der Waals surface area (Å²) in [6.07, 6.45) is 19.0. The average molecular weight is 435 g/mol. The first-order valence-electron chi connectivity index (χ1n) is 12.8. The molecular weight excluding hydrogens is 393 g/mol. The van der Waals surface area contributed by atoms with Crippen molar-refractivity contribution in [3.63, 3.8) is 0 Å². The molecule has 2 aliphatic rings. The topological polar surface area (TPSA) is 0 Å². The SMILES string of the molecule is CCCCCC1CCC(CC/C=C/C2CCC(c3ccc(C(F)(F)F)cc3)CC2)CC1. The lowest BCUT2D eigenvalue weighted by atomic mass is 9.77. The fourth-order valence-corrected chi connectivity index (χ4v) is 5.70. The molecule has 1 aromatic carbocycles. The molecule has 0 atom stereocenters. The van der Waals surface area contributed by atoms with Crippen LogP contribution in [0.2, 0.25) is 0 Å². The molecular formula is C28H41F3. The van der Waals surface area contributed by atoms with Crippen molar-refractivity contribution in [3.8, 4) is 0 Å². The number of allylic oxidation sites excluding steroid dienone is 2. The van der Waals surface area contributed by atoms with Crippen LogP contribution in [0, 0.1) is 17.8 Å². The predicted octanol–water partition coefficient (Wildman–Crippen LogP) is 9.70. The molecule has 0 nitrogen and oxygen atoms in total. The van der Waals surface area contributed by atoms with Gasteiger partial charge >= 0.3 is 6.18 Å². The Bertz CT molecular complexity index is 642. The van der Waals surface area contributed by atoms with E-state index < -0.39 is 11.7 Å². The molecule has 0 bridgehead atoms. The Morgan fingerprint density at radius 3 is 2.00 bits per heavy atom. The van der Waals surface area contributed by atoms with Crippen molar-refractivity contribution >= 4 is 0 Å². The van der Waals surface area contributed by atoms with Gasteiger partial charge in [-0.25, -0.2) is 0 Å². The molecule has 0 amide bonds. The van der Waals surface area contributed by atoms with Crippen molar-refractivity contribution in [1.29, 1.82) is 0 Å². The van der Waals surface area contributed by atoms with Gasteiger partial charge in [0.05, 0.1) is 5.56 Å². The van der Waals surface area contributed by atoms with Gasteiger partial charge in [-0.3, -0.25) is 0 Å². The molecule has 0 radical (unpaired) electrons. The minimum absolute atomic E-state index is 0.416. The van der Waals surface area contributed by atoms with Crippen LogP contribution in [0.4, 0.5) is 13.2 Å². The highest BCUT2D eigenvalue weighted by Crippen LogP contribution is 2.38. The molecule has 174 valence electrons. The Labute approximate surface area is 187 Å². The van der Waals surface area contributed by atoms with Crippen molar-refractivity contribution in [2.45, 2.75) is 109 Å². The summed E-state index contributed by atoms with van der Waals surface area (Å²) in [6, 6.07) is 5.84. The third-order valence-electron chi connectivity index (χ3n) is 7.81. The maximum absolute atomic E-state index is 12.7. The summed E-state index contributed by atoms with van der Waals surface area (Å²) in [5.41, 5.74) is 0.526. The van der Waals surface area contributed by atoms with Crippen LogP contribution >= 0.6 is 0 Å². The molecule has 0 spiro atoms. The molecule has 1 aromatic rings. The van der Waals surface area contributed by atoms with E-state index in [1.165, 1.54) is 76.3 Å². The van der Waals surface area contributed by atoms with Crippen LogP contribution in [0.5, 0.6) is 0 Å². The molecule has 0 aromatic heterocycles. The number of benzene rings is 1. The summed E-state index contributed by atoms with van der Waals surface area (Å²) >= 11 is 0. The molecule has 3 heteroatoms. The third kappa shape index (κ3) is 7.99. The van der Waals surface area contributed by atoms with Gasteiger partial charge in [0.15, 0.2) is 0 Å². The van der Waals surface area contributed by atoms with Crippen molar-refractivity contribution in [3.05, 3.63) is 47.5 Å². The summed E-state index contributed by atoms with van der Waals surface area (Å²) in [5, 5.41) is 0. The van der Waals surface area contributed by atoms with Gasteiger partial charge in [-0.1, -0.05) is 82.6 Å². The van der Waals surface area contributed by atoms with Gasteiger partial charge in [0.25, 0.3) is 0 Å². The van der Waals surface area contributed by atoms with Gasteiger partial charge in [-0.05, 0) is 79.9 Å². The summed E-state index contributed by atoms with van der Waals surface area (Å²) in [6.45, 7) is 2.29. The smallest absolute Gasteiger partial charge is 0.166 e. The van der Waals surface area contributed by atoms with E-state index in [9.17, 15) is 13.2 Å². The van der Waals surface area contributed by atoms with Crippen LogP contribution in [-0.4, -0.2) is 0 Å². The lowest BCUT2D eigenvalue weighted by molar-refractivity contribution is -0.137.